The molecule has 144 valence electrons. The van der Waals surface area contributed by atoms with Crippen LogP contribution < -0.4 is 5.32 Å². The maximum atomic E-state index is 12.8. The van der Waals surface area contributed by atoms with Gasteiger partial charge in [-0.1, -0.05) is 34.1 Å². The van der Waals surface area contributed by atoms with Crippen molar-refractivity contribution in [1.29, 1.82) is 0 Å². The van der Waals surface area contributed by atoms with Crippen LogP contribution in [0.5, 0.6) is 0 Å². The Balaban J connectivity index is 1.67. The van der Waals surface area contributed by atoms with Crippen molar-refractivity contribution in [3.05, 3.63) is 76.0 Å². The molecule has 3 N–H and O–H groups in total. The van der Waals surface area contributed by atoms with Crippen LogP contribution in [0.3, 0.4) is 0 Å². The highest BCUT2D eigenvalue weighted by molar-refractivity contribution is 9.10. The molecule has 7 nitrogen and oxygen atoms in total. The number of halogens is 1. The Morgan fingerprint density at radius 2 is 1.90 bits per heavy atom. The van der Waals surface area contributed by atoms with Gasteiger partial charge in [0.15, 0.2) is 5.69 Å². The zero-order chi connectivity index (χ0) is 20.5. The summed E-state index contributed by atoms with van der Waals surface area (Å²) in [7, 11) is 0. The summed E-state index contributed by atoms with van der Waals surface area (Å²) in [5, 5.41) is 19.0. The quantitative estimate of drug-likeness (QED) is 0.419. The van der Waals surface area contributed by atoms with Crippen molar-refractivity contribution in [3.63, 3.8) is 0 Å². The van der Waals surface area contributed by atoms with Crippen molar-refractivity contribution in [3.8, 4) is 11.3 Å². The number of aryl methyl sites for hydroxylation is 1. The number of aromatic carboxylic acids is 1. The zero-order valence-electron chi connectivity index (χ0n) is 15.2. The van der Waals surface area contributed by atoms with Gasteiger partial charge in [0.25, 0.3) is 5.91 Å². The highest BCUT2D eigenvalue weighted by Gasteiger charge is 2.19. The monoisotopic (exact) mass is 450 g/mol. The van der Waals surface area contributed by atoms with Crippen LogP contribution in [0.1, 0.15) is 26.5 Å². The molecule has 2 aromatic carbocycles. The molecule has 0 radical (unpaired) electrons. The first-order chi connectivity index (χ1) is 13.9. The van der Waals surface area contributed by atoms with Crippen LogP contribution in [0.2, 0.25) is 0 Å². The average molecular weight is 451 g/mol. The first-order valence-corrected chi connectivity index (χ1v) is 9.48. The van der Waals surface area contributed by atoms with E-state index < -0.39 is 5.97 Å². The van der Waals surface area contributed by atoms with Gasteiger partial charge in [0.05, 0.1) is 33.5 Å². The number of carboxylic acids is 1. The van der Waals surface area contributed by atoms with Gasteiger partial charge in [-0.15, -0.1) is 0 Å². The number of rotatable bonds is 4. The topological polar surface area (TPSA) is 108 Å². The van der Waals surface area contributed by atoms with Gasteiger partial charge in [-0.25, -0.2) is 4.79 Å². The molecule has 2 aromatic heterocycles. The van der Waals surface area contributed by atoms with E-state index >= 15 is 0 Å². The Morgan fingerprint density at radius 3 is 2.62 bits per heavy atom. The number of carboxylic acid groups (broad SMARTS) is 1. The first kappa shape index (κ1) is 18.8. The molecule has 0 spiro atoms. The molecule has 1 amide bonds. The van der Waals surface area contributed by atoms with E-state index in [0.29, 0.717) is 27.8 Å². The SMILES string of the molecule is Cc1nc(-c2cccc(Br)c2)ccc1C(=O)Nc1cccc2[nH]nc(C(=O)O)c12. The Kier molecular flexibility index (Phi) is 4.85. The van der Waals surface area contributed by atoms with Crippen molar-refractivity contribution < 1.29 is 14.7 Å². The van der Waals surface area contributed by atoms with Crippen molar-refractivity contribution in [2.45, 2.75) is 6.92 Å². The highest BCUT2D eigenvalue weighted by Crippen LogP contribution is 2.27. The number of aromatic amines is 1. The Hall–Kier alpha value is -3.52. The van der Waals surface area contributed by atoms with Gasteiger partial charge in [0.2, 0.25) is 0 Å². The van der Waals surface area contributed by atoms with Gasteiger partial charge in [-0.05, 0) is 43.3 Å². The summed E-state index contributed by atoms with van der Waals surface area (Å²) < 4.78 is 0.943. The Labute approximate surface area is 173 Å². The molecule has 0 saturated carbocycles. The lowest BCUT2D eigenvalue weighted by molar-refractivity contribution is 0.0692. The molecule has 29 heavy (non-hydrogen) atoms. The molecule has 0 saturated heterocycles. The van der Waals surface area contributed by atoms with Crippen molar-refractivity contribution in [2.24, 2.45) is 0 Å². The summed E-state index contributed by atoms with van der Waals surface area (Å²) >= 11 is 3.44. The summed E-state index contributed by atoms with van der Waals surface area (Å²) in [6.07, 6.45) is 0. The van der Waals surface area contributed by atoms with Crippen LogP contribution in [-0.4, -0.2) is 32.2 Å². The van der Waals surface area contributed by atoms with E-state index in [4.69, 9.17) is 0 Å². The summed E-state index contributed by atoms with van der Waals surface area (Å²) in [5.74, 6) is -1.55. The fraction of sp³-hybridized carbons (Fsp3) is 0.0476. The van der Waals surface area contributed by atoms with E-state index in [0.717, 1.165) is 15.7 Å². The second-order valence-electron chi connectivity index (χ2n) is 6.40. The van der Waals surface area contributed by atoms with Gasteiger partial charge < -0.3 is 10.4 Å². The number of aromatic nitrogens is 3. The number of carbonyl (C=O) groups excluding carboxylic acids is 1. The molecular formula is C21H15BrN4O3. The maximum absolute atomic E-state index is 12.8. The molecule has 0 atom stereocenters. The minimum Gasteiger partial charge on any atom is -0.476 e. The van der Waals surface area contributed by atoms with E-state index in [1.165, 1.54) is 0 Å². The van der Waals surface area contributed by atoms with Gasteiger partial charge in [0.1, 0.15) is 0 Å². The third-order valence-electron chi connectivity index (χ3n) is 4.49. The lowest BCUT2D eigenvalue weighted by Crippen LogP contribution is -2.15. The molecule has 0 fully saturated rings. The number of amides is 1. The van der Waals surface area contributed by atoms with Crippen molar-refractivity contribution in [1.82, 2.24) is 15.2 Å². The van der Waals surface area contributed by atoms with E-state index in [1.807, 2.05) is 24.3 Å². The van der Waals surface area contributed by atoms with Gasteiger partial charge in [-0.3, -0.25) is 14.9 Å². The number of benzene rings is 2. The van der Waals surface area contributed by atoms with Gasteiger partial charge in [0, 0.05) is 10.0 Å². The van der Waals surface area contributed by atoms with E-state index in [9.17, 15) is 14.7 Å². The lowest BCUT2D eigenvalue weighted by Gasteiger charge is -2.10. The number of hydrogen-bond donors (Lipinski definition) is 3. The minimum atomic E-state index is -1.17. The summed E-state index contributed by atoms with van der Waals surface area (Å²) in [6, 6.07) is 16.3. The number of nitrogens with one attached hydrogen (secondary N) is 2. The summed E-state index contributed by atoms with van der Waals surface area (Å²) in [4.78, 5) is 28.8. The second-order valence-corrected chi connectivity index (χ2v) is 7.32. The molecule has 0 bridgehead atoms. The largest absolute Gasteiger partial charge is 0.476 e. The van der Waals surface area contributed by atoms with Gasteiger partial charge in [-0.2, -0.15) is 5.10 Å². The zero-order valence-corrected chi connectivity index (χ0v) is 16.8. The molecule has 0 aliphatic heterocycles. The predicted octanol–water partition coefficient (Wildman–Crippen LogP) is 4.65. The predicted molar refractivity (Wildman–Crippen MR) is 113 cm³/mol. The molecular weight excluding hydrogens is 436 g/mol. The minimum absolute atomic E-state index is 0.143. The number of pyridine rings is 1. The number of nitrogens with zero attached hydrogens (tertiary/aromatic N) is 2. The van der Waals surface area contributed by atoms with Crippen LogP contribution in [0.25, 0.3) is 22.2 Å². The van der Waals surface area contributed by atoms with Crippen LogP contribution >= 0.6 is 15.9 Å². The fourth-order valence-electron chi connectivity index (χ4n) is 3.13. The van der Waals surface area contributed by atoms with Crippen LogP contribution in [-0.2, 0) is 0 Å². The number of hydrogen-bond acceptors (Lipinski definition) is 4. The first-order valence-electron chi connectivity index (χ1n) is 8.69. The number of H-pyrrole nitrogens is 1. The molecule has 4 aromatic rings. The average Bonchev–Trinajstić information content (AvgIpc) is 3.13. The third kappa shape index (κ3) is 3.62. The highest BCUT2D eigenvalue weighted by atomic mass is 79.9. The number of carbonyl (C=O) groups is 2. The molecule has 8 heteroatoms. The summed E-state index contributed by atoms with van der Waals surface area (Å²) in [5.41, 5.74) is 3.41. The fourth-order valence-corrected chi connectivity index (χ4v) is 3.53. The Bertz CT molecular complexity index is 1270. The van der Waals surface area contributed by atoms with Crippen molar-refractivity contribution >= 4 is 44.4 Å². The molecule has 4 rings (SSSR count). The molecule has 0 unspecified atom stereocenters. The van der Waals surface area contributed by atoms with Crippen LogP contribution in [0.15, 0.2) is 59.1 Å². The molecule has 2 heterocycles. The third-order valence-corrected chi connectivity index (χ3v) is 4.98. The lowest BCUT2D eigenvalue weighted by atomic mass is 10.1. The smallest absolute Gasteiger partial charge is 0.357 e. The molecule has 0 aliphatic rings. The summed E-state index contributed by atoms with van der Waals surface area (Å²) in [6.45, 7) is 1.76. The van der Waals surface area contributed by atoms with Crippen LogP contribution in [0, 0.1) is 6.92 Å². The second kappa shape index (κ2) is 7.48. The molecule has 0 aliphatic carbocycles. The normalized spacial score (nSPS) is 10.8. The van der Waals surface area contributed by atoms with E-state index in [2.05, 4.69) is 36.4 Å². The maximum Gasteiger partial charge on any atom is 0.357 e. The Morgan fingerprint density at radius 1 is 1.10 bits per heavy atom. The van der Waals surface area contributed by atoms with E-state index in [-0.39, 0.29) is 11.6 Å². The van der Waals surface area contributed by atoms with E-state index in [1.54, 1.807) is 37.3 Å². The standard InChI is InChI=1S/C21H15BrN4O3/c1-11-14(8-9-15(23-11)12-4-2-5-13(22)10-12)20(27)24-16-6-3-7-17-18(16)19(21(28)29)26-25-17/h2-10H,1H3,(H,24,27)(H,25,26)(H,28,29). The van der Waals surface area contributed by atoms with Crippen LogP contribution in [0.4, 0.5) is 5.69 Å². The number of fused-ring (bicyclic) bond motifs is 1. The van der Waals surface area contributed by atoms with Gasteiger partial charge >= 0.3 is 5.97 Å². The van der Waals surface area contributed by atoms with Crippen molar-refractivity contribution in [2.75, 3.05) is 5.32 Å². The number of anilines is 1.